The number of carbonyl (C=O) groups excluding carboxylic acids is 1. The molecule has 1 fully saturated rings. The van der Waals surface area contributed by atoms with Gasteiger partial charge in [0.1, 0.15) is 0 Å². The number of sulfone groups is 1. The van der Waals surface area contributed by atoms with E-state index in [0.29, 0.717) is 6.20 Å². The topological polar surface area (TPSA) is 67.3 Å². The molecule has 2 heterocycles. The highest BCUT2D eigenvalue weighted by Crippen LogP contribution is 2.32. The standard InChI is InChI=1S/C13H15F3N2O3S/c1-9-7-18(4-5-22(20,21)8-9)12(19)10-2-3-17-6-11(10)13(14,15)16/h2-3,6,9H,4-5,7-8H2,1H3/t9-/m1/s1. The Labute approximate surface area is 126 Å². The molecule has 5 nitrogen and oxygen atoms in total. The molecule has 2 rings (SSSR count). The fraction of sp³-hybridized carbons (Fsp3) is 0.538. The van der Waals surface area contributed by atoms with Crippen molar-refractivity contribution in [2.75, 3.05) is 24.6 Å². The quantitative estimate of drug-likeness (QED) is 0.781. The number of pyridine rings is 1. The Hall–Kier alpha value is -1.64. The van der Waals surface area contributed by atoms with Crippen LogP contribution in [0, 0.1) is 5.92 Å². The molecule has 0 spiro atoms. The predicted molar refractivity (Wildman–Crippen MR) is 73.0 cm³/mol. The van der Waals surface area contributed by atoms with Crippen molar-refractivity contribution in [2.45, 2.75) is 13.1 Å². The normalized spacial score (nSPS) is 22.2. The van der Waals surface area contributed by atoms with Gasteiger partial charge in [0, 0.05) is 25.5 Å². The molecule has 1 aromatic rings. The van der Waals surface area contributed by atoms with Crippen LogP contribution >= 0.6 is 0 Å². The average molecular weight is 336 g/mol. The lowest BCUT2D eigenvalue weighted by molar-refractivity contribution is -0.138. The highest BCUT2D eigenvalue weighted by molar-refractivity contribution is 7.91. The van der Waals surface area contributed by atoms with E-state index in [0.717, 1.165) is 12.3 Å². The van der Waals surface area contributed by atoms with Gasteiger partial charge in [0.05, 0.1) is 22.6 Å². The highest BCUT2D eigenvalue weighted by atomic mass is 32.2. The third-order valence-electron chi connectivity index (χ3n) is 3.39. The van der Waals surface area contributed by atoms with Gasteiger partial charge in [-0.3, -0.25) is 9.78 Å². The molecule has 9 heteroatoms. The van der Waals surface area contributed by atoms with E-state index < -0.39 is 33.0 Å². The van der Waals surface area contributed by atoms with Crippen LogP contribution in [-0.2, 0) is 16.0 Å². The van der Waals surface area contributed by atoms with E-state index in [1.807, 2.05) is 0 Å². The lowest BCUT2D eigenvalue weighted by atomic mass is 10.1. The first-order valence-corrected chi connectivity index (χ1v) is 8.43. The second-order valence-electron chi connectivity index (χ2n) is 5.39. The number of amides is 1. The fourth-order valence-corrected chi connectivity index (χ4v) is 4.09. The van der Waals surface area contributed by atoms with Crippen LogP contribution in [0.3, 0.4) is 0 Å². The minimum Gasteiger partial charge on any atom is -0.337 e. The molecule has 22 heavy (non-hydrogen) atoms. The summed E-state index contributed by atoms with van der Waals surface area (Å²) in [5, 5.41) is 0. The zero-order valence-electron chi connectivity index (χ0n) is 11.8. The number of hydrogen-bond acceptors (Lipinski definition) is 4. The van der Waals surface area contributed by atoms with Crippen molar-refractivity contribution in [1.29, 1.82) is 0 Å². The summed E-state index contributed by atoms with van der Waals surface area (Å²) in [4.78, 5) is 17.0. The number of alkyl halides is 3. The molecule has 1 aliphatic heterocycles. The Morgan fingerprint density at radius 2 is 2.09 bits per heavy atom. The van der Waals surface area contributed by atoms with Crippen LogP contribution in [0.15, 0.2) is 18.5 Å². The maximum absolute atomic E-state index is 12.9. The van der Waals surface area contributed by atoms with Gasteiger partial charge >= 0.3 is 6.18 Å². The van der Waals surface area contributed by atoms with Crippen molar-refractivity contribution in [2.24, 2.45) is 5.92 Å². The van der Waals surface area contributed by atoms with Gasteiger partial charge in [0.2, 0.25) is 0 Å². The molecule has 0 unspecified atom stereocenters. The zero-order chi connectivity index (χ0) is 16.5. The van der Waals surface area contributed by atoms with Crippen LogP contribution in [0.1, 0.15) is 22.8 Å². The molecular formula is C13H15F3N2O3S. The minimum atomic E-state index is -4.69. The Balaban J connectivity index is 2.33. The van der Waals surface area contributed by atoms with Gasteiger partial charge in [-0.05, 0) is 12.0 Å². The number of halogens is 3. The van der Waals surface area contributed by atoms with Gasteiger partial charge in [-0.1, -0.05) is 6.92 Å². The third-order valence-corrected chi connectivity index (χ3v) is 5.27. The first-order chi connectivity index (χ1) is 10.1. The van der Waals surface area contributed by atoms with Crippen molar-refractivity contribution in [1.82, 2.24) is 9.88 Å². The van der Waals surface area contributed by atoms with E-state index in [-0.39, 0.29) is 30.5 Å². The van der Waals surface area contributed by atoms with E-state index in [1.165, 1.54) is 4.90 Å². The summed E-state index contributed by atoms with van der Waals surface area (Å²) < 4.78 is 62.2. The number of aromatic nitrogens is 1. The van der Waals surface area contributed by atoms with Gasteiger partial charge in [0.25, 0.3) is 5.91 Å². The molecule has 1 saturated heterocycles. The maximum Gasteiger partial charge on any atom is 0.418 e. The second-order valence-corrected chi connectivity index (χ2v) is 7.62. The van der Waals surface area contributed by atoms with Crippen molar-refractivity contribution in [3.8, 4) is 0 Å². The van der Waals surface area contributed by atoms with Crippen LogP contribution in [0.5, 0.6) is 0 Å². The summed E-state index contributed by atoms with van der Waals surface area (Å²) in [5.41, 5.74) is -1.62. The molecule has 1 aromatic heterocycles. The van der Waals surface area contributed by atoms with E-state index in [2.05, 4.69) is 4.98 Å². The van der Waals surface area contributed by atoms with E-state index in [4.69, 9.17) is 0 Å². The molecule has 0 saturated carbocycles. The van der Waals surface area contributed by atoms with Crippen LogP contribution in [0.2, 0.25) is 0 Å². The Morgan fingerprint density at radius 1 is 1.41 bits per heavy atom. The molecule has 1 amide bonds. The molecule has 0 aliphatic carbocycles. The fourth-order valence-electron chi connectivity index (χ4n) is 2.45. The summed E-state index contributed by atoms with van der Waals surface area (Å²) in [6, 6.07) is 1.01. The summed E-state index contributed by atoms with van der Waals surface area (Å²) in [5.74, 6) is -1.46. The lowest BCUT2D eigenvalue weighted by Gasteiger charge is -2.23. The monoisotopic (exact) mass is 336 g/mol. The lowest BCUT2D eigenvalue weighted by Crippen LogP contribution is -2.36. The van der Waals surface area contributed by atoms with E-state index in [1.54, 1.807) is 6.92 Å². The molecule has 1 atom stereocenters. The largest absolute Gasteiger partial charge is 0.418 e. The molecule has 0 bridgehead atoms. The molecule has 0 N–H and O–H groups in total. The first kappa shape index (κ1) is 16.7. The average Bonchev–Trinajstić information content (AvgIpc) is 2.54. The smallest absolute Gasteiger partial charge is 0.337 e. The number of hydrogen-bond donors (Lipinski definition) is 0. The van der Waals surface area contributed by atoms with E-state index >= 15 is 0 Å². The molecule has 122 valence electrons. The summed E-state index contributed by atoms with van der Waals surface area (Å²) in [6.07, 6.45) is -2.98. The van der Waals surface area contributed by atoms with Gasteiger partial charge in [0.15, 0.2) is 9.84 Å². The number of nitrogens with zero attached hydrogens (tertiary/aromatic N) is 2. The SMILES string of the molecule is C[C@@H]1CN(C(=O)c2ccncc2C(F)(F)F)CCS(=O)(=O)C1. The van der Waals surface area contributed by atoms with Crippen molar-refractivity contribution >= 4 is 15.7 Å². The van der Waals surface area contributed by atoms with Crippen molar-refractivity contribution < 1.29 is 26.4 Å². The maximum atomic E-state index is 12.9. The van der Waals surface area contributed by atoms with Crippen LogP contribution in [-0.4, -0.2) is 48.8 Å². The Bertz CT molecular complexity index is 673. The van der Waals surface area contributed by atoms with Gasteiger partial charge in [-0.15, -0.1) is 0 Å². The number of rotatable bonds is 1. The highest BCUT2D eigenvalue weighted by Gasteiger charge is 2.37. The summed E-state index contributed by atoms with van der Waals surface area (Å²) in [7, 11) is -3.28. The third kappa shape index (κ3) is 3.76. The molecule has 0 aromatic carbocycles. The second kappa shape index (κ2) is 5.86. The first-order valence-electron chi connectivity index (χ1n) is 6.61. The summed E-state index contributed by atoms with van der Waals surface area (Å²) >= 11 is 0. The van der Waals surface area contributed by atoms with Crippen LogP contribution < -0.4 is 0 Å². The summed E-state index contributed by atoms with van der Waals surface area (Å²) in [6.45, 7) is 1.66. The zero-order valence-corrected chi connectivity index (χ0v) is 12.6. The van der Waals surface area contributed by atoms with Crippen LogP contribution in [0.4, 0.5) is 13.2 Å². The van der Waals surface area contributed by atoms with Gasteiger partial charge < -0.3 is 4.90 Å². The van der Waals surface area contributed by atoms with Crippen LogP contribution in [0.25, 0.3) is 0 Å². The molecule has 0 radical (unpaired) electrons. The minimum absolute atomic E-state index is 0.0702. The van der Waals surface area contributed by atoms with Gasteiger partial charge in [-0.2, -0.15) is 13.2 Å². The van der Waals surface area contributed by atoms with E-state index in [9.17, 15) is 26.4 Å². The number of carbonyl (C=O) groups is 1. The molecule has 1 aliphatic rings. The van der Waals surface area contributed by atoms with Gasteiger partial charge in [-0.25, -0.2) is 8.42 Å². The van der Waals surface area contributed by atoms with Crippen molar-refractivity contribution in [3.05, 3.63) is 29.6 Å². The molecular weight excluding hydrogens is 321 g/mol. The van der Waals surface area contributed by atoms with Crippen molar-refractivity contribution in [3.63, 3.8) is 0 Å². The predicted octanol–water partition coefficient (Wildman–Crippen LogP) is 1.61. The Kier molecular flexibility index (Phi) is 4.46. The Morgan fingerprint density at radius 3 is 2.73 bits per heavy atom.